The molecule has 18 heavy (non-hydrogen) atoms. The minimum Gasteiger partial charge on any atom is -0.387 e. The zero-order valence-electron chi connectivity index (χ0n) is 10.1. The van der Waals surface area contributed by atoms with Gasteiger partial charge in [0.05, 0.1) is 11.4 Å². The van der Waals surface area contributed by atoms with Crippen molar-refractivity contribution in [1.29, 1.82) is 5.41 Å². The van der Waals surface area contributed by atoms with Gasteiger partial charge in [-0.15, -0.1) is 0 Å². The first-order valence-corrected chi connectivity index (χ1v) is 6.90. The number of amidine groups is 1. The minimum absolute atomic E-state index is 0.00130. The molecule has 3 N–H and O–H groups in total. The van der Waals surface area contributed by atoms with Crippen molar-refractivity contribution >= 4 is 15.9 Å². The molecule has 7 heteroatoms. The van der Waals surface area contributed by atoms with E-state index >= 15 is 0 Å². The molecule has 1 aromatic carbocycles. The van der Waals surface area contributed by atoms with Gasteiger partial charge in [-0.2, -0.15) is 4.31 Å². The van der Waals surface area contributed by atoms with Gasteiger partial charge < -0.3 is 5.73 Å². The van der Waals surface area contributed by atoms with Gasteiger partial charge in [0.1, 0.15) is 11.7 Å². The van der Waals surface area contributed by atoms with Crippen LogP contribution in [0.5, 0.6) is 0 Å². The molecule has 0 atom stereocenters. The number of halogens is 1. The topological polar surface area (TPSA) is 87.2 Å². The van der Waals surface area contributed by atoms with Crippen LogP contribution in [0.15, 0.2) is 29.2 Å². The van der Waals surface area contributed by atoms with Crippen molar-refractivity contribution < 1.29 is 12.8 Å². The van der Waals surface area contributed by atoms with E-state index in [9.17, 15) is 12.8 Å². The Morgan fingerprint density at radius 1 is 1.39 bits per heavy atom. The van der Waals surface area contributed by atoms with Crippen molar-refractivity contribution in [3.8, 4) is 0 Å². The molecule has 0 heterocycles. The van der Waals surface area contributed by atoms with Crippen LogP contribution >= 0.6 is 0 Å². The lowest BCUT2D eigenvalue weighted by molar-refractivity contribution is 0.447. The van der Waals surface area contributed by atoms with Crippen LogP contribution in [0.1, 0.15) is 13.3 Å². The number of benzene rings is 1. The summed E-state index contributed by atoms with van der Waals surface area (Å²) >= 11 is 0. The number of hydrogen-bond donors (Lipinski definition) is 2. The Labute approximate surface area is 106 Å². The van der Waals surface area contributed by atoms with E-state index in [1.165, 1.54) is 12.1 Å². The molecule has 5 nitrogen and oxygen atoms in total. The highest BCUT2D eigenvalue weighted by Gasteiger charge is 2.24. The van der Waals surface area contributed by atoms with Gasteiger partial charge in [0.2, 0.25) is 10.0 Å². The van der Waals surface area contributed by atoms with Crippen molar-refractivity contribution in [3.63, 3.8) is 0 Å². The van der Waals surface area contributed by atoms with Gasteiger partial charge in [0.15, 0.2) is 0 Å². The molecule has 0 saturated heterocycles. The predicted octanol–water partition coefficient (Wildman–Crippen LogP) is 1.16. The third-order valence-electron chi connectivity index (χ3n) is 2.27. The standard InChI is InChI=1S/C11H16FN3O2S/c1-2-7-15(8-11(13)14)18(16,17)10-5-3-9(12)4-6-10/h3-6H,2,7-8H2,1H3,(H3,13,14). The largest absolute Gasteiger partial charge is 0.387 e. The van der Waals surface area contributed by atoms with Crippen molar-refractivity contribution in [2.75, 3.05) is 13.1 Å². The highest BCUT2D eigenvalue weighted by Crippen LogP contribution is 2.16. The smallest absolute Gasteiger partial charge is 0.243 e. The van der Waals surface area contributed by atoms with E-state index in [4.69, 9.17) is 11.1 Å². The van der Waals surface area contributed by atoms with E-state index in [0.717, 1.165) is 16.4 Å². The fourth-order valence-electron chi connectivity index (χ4n) is 1.48. The lowest BCUT2D eigenvalue weighted by atomic mass is 10.4. The molecule has 0 radical (unpaired) electrons. The second kappa shape index (κ2) is 5.92. The first-order chi connectivity index (χ1) is 8.37. The fraction of sp³-hybridized carbons (Fsp3) is 0.364. The summed E-state index contributed by atoms with van der Waals surface area (Å²) in [6, 6.07) is 4.58. The average molecular weight is 273 g/mol. The van der Waals surface area contributed by atoms with Crippen LogP contribution in [0, 0.1) is 11.2 Å². The summed E-state index contributed by atoms with van der Waals surface area (Å²) in [6.07, 6.45) is 0.605. The molecule has 0 fully saturated rings. The van der Waals surface area contributed by atoms with Gasteiger partial charge in [-0.25, -0.2) is 12.8 Å². The second-order valence-corrected chi connectivity index (χ2v) is 5.76. The van der Waals surface area contributed by atoms with Crippen molar-refractivity contribution in [1.82, 2.24) is 4.31 Å². The Morgan fingerprint density at radius 3 is 2.39 bits per heavy atom. The van der Waals surface area contributed by atoms with Crippen molar-refractivity contribution in [2.24, 2.45) is 5.73 Å². The molecule has 0 aliphatic rings. The highest BCUT2D eigenvalue weighted by atomic mass is 32.2. The van der Waals surface area contributed by atoms with E-state index in [1.807, 2.05) is 6.92 Å². The Kier molecular flexibility index (Phi) is 4.80. The van der Waals surface area contributed by atoms with Gasteiger partial charge in [-0.3, -0.25) is 5.41 Å². The zero-order valence-corrected chi connectivity index (χ0v) is 10.9. The second-order valence-electron chi connectivity index (χ2n) is 3.82. The van der Waals surface area contributed by atoms with E-state index in [0.29, 0.717) is 6.42 Å². The number of hydrogen-bond acceptors (Lipinski definition) is 3. The van der Waals surface area contributed by atoms with Gasteiger partial charge >= 0.3 is 0 Å². The first-order valence-electron chi connectivity index (χ1n) is 5.46. The summed E-state index contributed by atoms with van der Waals surface area (Å²) in [5, 5.41) is 7.19. The van der Waals surface area contributed by atoms with Crippen LogP contribution in [0.2, 0.25) is 0 Å². The van der Waals surface area contributed by atoms with Crippen LogP contribution in [0.25, 0.3) is 0 Å². The van der Waals surface area contributed by atoms with Crippen LogP contribution in [-0.2, 0) is 10.0 Å². The minimum atomic E-state index is -3.73. The molecule has 0 aliphatic heterocycles. The lowest BCUT2D eigenvalue weighted by Crippen LogP contribution is -2.38. The molecule has 1 aromatic rings. The van der Waals surface area contributed by atoms with Crippen molar-refractivity contribution in [2.45, 2.75) is 18.2 Å². The number of nitrogens with zero attached hydrogens (tertiary/aromatic N) is 1. The Balaban J connectivity index is 3.08. The van der Waals surface area contributed by atoms with Gasteiger partial charge in [-0.1, -0.05) is 6.92 Å². The summed E-state index contributed by atoms with van der Waals surface area (Å²) in [7, 11) is -3.73. The lowest BCUT2D eigenvalue weighted by Gasteiger charge is -2.20. The summed E-state index contributed by atoms with van der Waals surface area (Å²) in [5.74, 6) is -0.725. The molecular formula is C11H16FN3O2S. The molecule has 0 aliphatic carbocycles. The monoisotopic (exact) mass is 273 g/mol. The SMILES string of the molecule is CCCN(CC(=N)N)S(=O)(=O)c1ccc(F)cc1. The van der Waals surface area contributed by atoms with Crippen LogP contribution in [0.4, 0.5) is 4.39 Å². The van der Waals surface area contributed by atoms with E-state index < -0.39 is 15.8 Å². The molecular weight excluding hydrogens is 257 g/mol. The molecule has 0 amide bonds. The molecule has 0 bridgehead atoms. The normalized spacial score (nSPS) is 11.7. The molecule has 0 spiro atoms. The van der Waals surface area contributed by atoms with E-state index in [1.54, 1.807) is 0 Å². The fourth-order valence-corrected chi connectivity index (χ4v) is 2.99. The quantitative estimate of drug-likeness (QED) is 0.602. The summed E-state index contributed by atoms with van der Waals surface area (Å²) in [5.41, 5.74) is 5.24. The van der Waals surface area contributed by atoms with E-state index in [-0.39, 0.29) is 23.8 Å². The molecule has 0 unspecified atom stereocenters. The average Bonchev–Trinajstić information content (AvgIpc) is 2.28. The third kappa shape index (κ3) is 3.51. The Morgan fingerprint density at radius 2 is 1.94 bits per heavy atom. The van der Waals surface area contributed by atoms with Gasteiger partial charge in [0.25, 0.3) is 0 Å². The summed E-state index contributed by atoms with van der Waals surface area (Å²) < 4.78 is 38.3. The summed E-state index contributed by atoms with van der Waals surface area (Å²) in [6.45, 7) is 1.93. The number of nitrogens with two attached hydrogens (primary N) is 1. The van der Waals surface area contributed by atoms with Crippen molar-refractivity contribution in [3.05, 3.63) is 30.1 Å². The van der Waals surface area contributed by atoms with Crippen LogP contribution < -0.4 is 5.73 Å². The number of rotatable bonds is 6. The van der Waals surface area contributed by atoms with E-state index in [2.05, 4.69) is 0 Å². The molecule has 0 aromatic heterocycles. The Hall–Kier alpha value is -1.47. The highest BCUT2D eigenvalue weighted by molar-refractivity contribution is 7.89. The zero-order chi connectivity index (χ0) is 13.8. The van der Waals surface area contributed by atoms with Gasteiger partial charge in [-0.05, 0) is 30.7 Å². The number of nitrogens with one attached hydrogen (secondary N) is 1. The molecule has 0 saturated carbocycles. The maximum absolute atomic E-state index is 12.8. The Bertz CT molecular complexity index is 514. The number of sulfonamides is 1. The summed E-state index contributed by atoms with van der Waals surface area (Å²) in [4.78, 5) is -0.00130. The first kappa shape index (κ1) is 14.6. The molecule has 1 rings (SSSR count). The van der Waals surface area contributed by atoms with Crippen LogP contribution in [0.3, 0.4) is 0 Å². The predicted molar refractivity (Wildman–Crippen MR) is 67.4 cm³/mol. The third-order valence-corrected chi connectivity index (χ3v) is 4.13. The maximum Gasteiger partial charge on any atom is 0.243 e. The maximum atomic E-state index is 12.8. The molecule has 100 valence electrons. The van der Waals surface area contributed by atoms with Crippen LogP contribution in [-0.4, -0.2) is 31.6 Å². The van der Waals surface area contributed by atoms with Gasteiger partial charge in [0, 0.05) is 6.54 Å².